The van der Waals surface area contributed by atoms with Crippen LogP contribution in [-0.2, 0) is 4.74 Å². The number of ether oxygens (including phenoxy) is 1. The van der Waals surface area contributed by atoms with E-state index in [9.17, 15) is 9.59 Å². The van der Waals surface area contributed by atoms with E-state index >= 15 is 0 Å². The molecule has 3 N–H and O–H groups in total. The van der Waals surface area contributed by atoms with E-state index < -0.39 is 11.2 Å². The molecule has 8 nitrogen and oxygen atoms in total. The lowest BCUT2D eigenvalue weighted by Crippen LogP contribution is -2.50. The molecule has 17 heavy (non-hydrogen) atoms. The molecule has 1 saturated heterocycles. The van der Waals surface area contributed by atoms with Crippen molar-refractivity contribution >= 4 is 5.82 Å². The highest BCUT2D eigenvalue weighted by molar-refractivity contribution is 5.35. The Hall–Kier alpha value is -1.67. The van der Waals surface area contributed by atoms with Crippen molar-refractivity contribution in [3.63, 3.8) is 0 Å². The second-order valence-corrected chi connectivity index (χ2v) is 3.99. The molecule has 1 aromatic rings. The molecule has 0 bridgehead atoms. The molecule has 0 spiro atoms. The Balaban J connectivity index is 2.26. The maximum atomic E-state index is 11.6. The lowest BCUT2D eigenvalue weighted by atomic mass is 10.2. The molecule has 1 fully saturated rings. The average molecular weight is 242 g/mol. The Kier molecular flexibility index (Phi) is 3.25. The van der Waals surface area contributed by atoms with Crippen molar-refractivity contribution in [2.75, 3.05) is 24.6 Å². The predicted octanol–water partition coefficient (Wildman–Crippen LogP) is -1.96. The number of anilines is 1. The molecule has 2 atom stereocenters. The Labute approximate surface area is 96.2 Å². The van der Waals surface area contributed by atoms with Gasteiger partial charge in [0.05, 0.1) is 18.8 Å². The topological polar surface area (TPSA) is 111 Å². The van der Waals surface area contributed by atoms with Gasteiger partial charge in [-0.15, -0.1) is 5.10 Å². The summed E-state index contributed by atoms with van der Waals surface area (Å²) in [4.78, 5) is 26.2. The zero-order valence-corrected chi connectivity index (χ0v) is 9.34. The minimum atomic E-state index is -0.640. The molecule has 1 aliphatic rings. The Morgan fingerprint density at radius 1 is 1.53 bits per heavy atom. The van der Waals surface area contributed by atoms with Gasteiger partial charge in [0, 0.05) is 13.1 Å². The van der Waals surface area contributed by atoms with Crippen LogP contribution in [0, 0.1) is 0 Å². The average Bonchev–Trinajstić information content (AvgIpc) is 2.28. The fraction of sp³-hybridized carbons (Fsp3) is 0.667. The van der Waals surface area contributed by atoms with Gasteiger partial charge in [-0.3, -0.25) is 9.78 Å². The van der Waals surface area contributed by atoms with Crippen LogP contribution in [0.2, 0.25) is 0 Å². The lowest BCUT2D eigenvalue weighted by molar-refractivity contribution is -0.0424. The van der Waals surface area contributed by atoms with E-state index in [0.29, 0.717) is 13.1 Å². The Morgan fingerprint density at radius 3 is 2.94 bits per heavy atom. The molecule has 8 heteroatoms. The highest BCUT2D eigenvalue weighted by atomic mass is 16.5. The number of morpholine rings is 1. The van der Waals surface area contributed by atoms with Gasteiger partial charge in [-0.05, 0) is 6.92 Å². The van der Waals surface area contributed by atoms with Gasteiger partial charge in [-0.2, -0.15) is 0 Å². The Morgan fingerprint density at radius 2 is 2.29 bits per heavy atom. The van der Waals surface area contributed by atoms with Gasteiger partial charge in [0.2, 0.25) is 5.82 Å². The van der Waals surface area contributed by atoms with Crippen LogP contribution in [0.25, 0.3) is 0 Å². The molecule has 1 aliphatic heterocycles. The van der Waals surface area contributed by atoms with Gasteiger partial charge in [0.15, 0.2) is 0 Å². The summed E-state index contributed by atoms with van der Waals surface area (Å²) in [5, 5.41) is 15.0. The third-order valence-corrected chi connectivity index (χ3v) is 2.52. The van der Waals surface area contributed by atoms with Crippen LogP contribution in [0.5, 0.6) is 0 Å². The zero-order chi connectivity index (χ0) is 12.4. The SMILES string of the molecule is CC1CN(c2n[nH]c(=O)[nH]c2=O)CC(CO)O1. The molecule has 0 aliphatic carbocycles. The minimum absolute atomic E-state index is 0.117. The smallest absolute Gasteiger partial charge is 0.342 e. The van der Waals surface area contributed by atoms with Crippen LogP contribution in [0.4, 0.5) is 5.82 Å². The predicted molar refractivity (Wildman–Crippen MR) is 59.1 cm³/mol. The first-order chi connectivity index (χ1) is 8.10. The minimum Gasteiger partial charge on any atom is -0.394 e. The van der Waals surface area contributed by atoms with E-state index in [1.54, 1.807) is 4.90 Å². The third kappa shape index (κ3) is 2.53. The van der Waals surface area contributed by atoms with Crippen LogP contribution in [0.3, 0.4) is 0 Å². The molecular formula is C9H14N4O4. The molecule has 2 unspecified atom stereocenters. The summed E-state index contributed by atoms with van der Waals surface area (Å²) < 4.78 is 5.45. The number of nitrogens with one attached hydrogen (secondary N) is 2. The summed E-state index contributed by atoms with van der Waals surface area (Å²) in [5.74, 6) is 0.137. The first kappa shape index (κ1) is 11.8. The molecule has 0 radical (unpaired) electrons. The van der Waals surface area contributed by atoms with Crippen LogP contribution < -0.4 is 16.1 Å². The molecule has 94 valence electrons. The van der Waals surface area contributed by atoms with E-state index in [1.165, 1.54) is 0 Å². The number of hydrogen-bond acceptors (Lipinski definition) is 6. The number of hydrogen-bond donors (Lipinski definition) is 3. The number of aliphatic hydroxyl groups excluding tert-OH is 1. The number of aliphatic hydroxyl groups is 1. The summed E-state index contributed by atoms with van der Waals surface area (Å²) in [6.07, 6.45) is -0.471. The van der Waals surface area contributed by atoms with Crippen LogP contribution in [0.1, 0.15) is 6.92 Å². The van der Waals surface area contributed by atoms with Crippen molar-refractivity contribution in [1.29, 1.82) is 0 Å². The van der Waals surface area contributed by atoms with Gasteiger partial charge >= 0.3 is 5.69 Å². The molecule has 1 aromatic heterocycles. The first-order valence-corrected chi connectivity index (χ1v) is 5.30. The van der Waals surface area contributed by atoms with E-state index in [1.807, 2.05) is 6.92 Å². The summed E-state index contributed by atoms with van der Waals surface area (Å²) >= 11 is 0. The Bertz CT molecular complexity index is 496. The standard InChI is InChI=1S/C9H14N4O4/c1-5-2-13(3-6(4-14)17-5)7-8(15)10-9(16)12-11-7/h5-6,14H,2-4H2,1H3,(H2,10,12,15,16). The van der Waals surface area contributed by atoms with Crippen LogP contribution >= 0.6 is 0 Å². The van der Waals surface area contributed by atoms with E-state index in [0.717, 1.165) is 0 Å². The largest absolute Gasteiger partial charge is 0.394 e. The van der Waals surface area contributed by atoms with Crippen molar-refractivity contribution in [3.8, 4) is 0 Å². The number of aromatic amines is 2. The normalized spacial score (nSPS) is 24.9. The van der Waals surface area contributed by atoms with Crippen molar-refractivity contribution < 1.29 is 9.84 Å². The van der Waals surface area contributed by atoms with E-state index in [2.05, 4.69) is 15.2 Å². The van der Waals surface area contributed by atoms with Gasteiger partial charge in [-0.1, -0.05) is 0 Å². The first-order valence-electron chi connectivity index (χ1n) is 5.30. The number of aromatic nitrogens is 3. The fourth-order valence-electron chi connectivity index (χ4n) is 1.87. The van der Waals surface area contributed by atoms with E-state index in [4.69, 9.17) is 9.84 Å². The molecular weight excluding hydrogens is 228 g/mol. The van der Waals surface area contributed by atoms with Gasteiger partial charge in [0.1, 0.15) is 0 Å². The zero-order valence-electron chi connectivity index (χ0n) is 9.34. The summed E-state index contributed by atoms with van der Waals surface area (Å²) in [6.45, 7) is 2.57. The fourth-order valence-corrected chi connectivity index (χ4v) is 1.87. The molecule has 0 saturated carbocycles. The number of H-pyrrole nitrogens is 2. The van der Waals surface area contributed by atoms with Crippen molar-refractivity contribution in [3.05, 3.63) is 20.8 Å². The molecule has 2 heterocycles. The molecule has 0 amide bonds. The van der Waals surface area contributed by atoms with Gasteiger partial charge < -0.3 is 14.7 Å². The van der Waals surface area contributed by atoms with Crippen molar-refractivity contribution in [2.24, 2.45) is 0 Å². The molecule has 0 aromatic carbocycles. The maximum absolute atomic E-state index is 11.6. The van der Waals surface area contributed by atoms with Crippen LogP contribution in [0.15, 0.2) is 9.59 Å². The summed E-state index contributed by atoms with van der Waals surface area (Å²) in [6, 6.07) is 0. The highest BCUT2D eigenvalue weighted by Crippen LogP contribution is 2.13. The van der Waals surface area contributed by atoms with Gasteiger partial charge in [-0.25, -0.2) is 9.89 Å². The lowest BCUT2D eigenvalue weighted by Gasteiger charge is -2.35. The van der Waals surface area contributed by atoms with E-state index in [-0.39, 0.29) is 24.6 Å². The monoisotopic (exact) mass is 242 g/mol. The number of nitrogens with zero attached hydrogens (tertiary/aromatic N) is 2. The second-order valence-electron chi connectivity index (χ2n) is 3.99. The maximum Gasteiger partial charge on any atom is 0.342 e. The number of rotatable bonds is 2. The quantitative estimate of drug-likeness (QED) is 0.555. The summed E-state index contributed by atoms with van der Waals surface area (Å²) in [7, 11) is 0. The highest BCUT2D eigenvalue weighted by Gasteiger charge is 2.27. The third-order valence-electron chi connectivity index (χ3n) is 2.52. The van der Waals surface area contributed by atoms with Crippen molar-refractivity contribution in [1.82, 2.24) is 15.2 Å². The summed E-state index contributed by atoms with van der Waals surface area (Å²) in [5.41, 5.74) is -1.18. The van der Waals surface area contributed by atoms with Crippen LogP contribution in [-0.4, -0.2) is 52.2 Å². The van der Waals surface area contributed by atoms with Crippen molar-refractivity contribution in [2.45, 2.75) is 19.1 Å². The molecule has 2 rings (SSSR count). The van der Waals surface area contributed by atoms with Gasteiger partial charge in [0.25, 0.3) is 5.56 Å². The second kappa shape index (κ2) is 4.68.